The van der Waals surface area contributed by atoms with Crippen LogP contribution < -0.4 is 10.1 Å². The molecule has 2 atom stereocenters. The molecule has 0 radical (unpaired) electrons. The van der Waals surface area contributed by atoms with Crippen LogP contribution >= 0.6 is 0 Å². The number of rotatable bonds is 6. The highest BCUT2D eigenvalue weighted by Crippen LogP contribution is 2.20. The van der Waals surface area contributed by atoms with Gasteiger partial charge in [0.05, 0.1) is 13.2 Å². The molecule has 0 aliphatic heterocycles. The summed E-state index contributed by atoms with van der Waals surface area (Å²) >= 11 is 0. The quantitative estimate of drug-likeness (QED) is 0.855. The third-order valence-corrected chi connectivity index (χ3v) is 3.64. The predicted molar refractivity (Wildman–Crippen MR) is 85.6 cm³/mol. The molecule has 3 heteroatoms. The van der Waals surface area contributed by atoms with E-state index in [4.69, 9.17) is 4.74 Å². The highest BCUT2D eigenvalue weighted by Gasteiger charge is 2.11. The summed E-state index contributed by atoms with van der Waals surface area (Å²) in [5.41, 5.74) is 3.33. The van der Waals surface area contributed by atoms with Gasteiger partial charge in [0.25, 0.3) is 0 Å². The maximum Gasteiger partial charge on any atom is 0.119 e. The summed E-state index contributed by atoms with van der Waals surface area (Å²) < 4.78 is 5.18. The van der Waals surface area contributed by atoms with Gasteiger partial charge in [-0.3, -0.25) is 0 Å². The molecule has 2 aromatic rings. The Morgan fingerprint density at radius 3 is 2.52 bits per heavy atom. The standard InChI is InChI=1S/C18H23NO2/c1-13-6-4-7-15(10-13)14(2)19-12-18(20)16-8-5-9-17(11-16)21-3/h4-11,14,18-20H,12H2,1-3H3. The lowest BCUT2D eigenvalue weighted by Crippen LogP contribution is -2.24. The Bertz CT molecular complexity index is 583. The Morgan fingerprint density at radius 1 is 1.10 bits per heavy atom. The van der Waals surface area contributed by atoms with Crippen molar-refractivity contribution in [3.63, 3.8) is 0 Å². The SMILES string of the molecule is COc1cccc(C(O)CNC(C)c2cccc(C)c2)c1. The van der Waals surface area contributed by atoms with Crippen LogP contribution in [0.25, 0.3) is 0 Å². The lowest BCUT2D eigenvalue weighted by molar-refractivity contribution is 0.170. The molecule has 0 heterocycles. The molecule has 0 spiro atoms. The molecule has 0 fully saturated rings. The zero-order chi connectivity index (χ0) is 15.2. The molecule has 0 aliphatic rings. The van der Waals surface area contributed by atoms with E-state index >= 15 is 0 Å². The van der Waals surface area contributed by atoms with Gasteiger partial charge in [0.2, 0.25) is 0 Å². The molecule has 112 valence electrons. The zero-order valence-electron chi connectivity index (χ0n) is 12.8. The second-order valence-electron chi connectivity index (χ2n) is 5.34. The molecule has 21 heavy (non-hydrogen) atoms. The van der Waals surface area contributed by atoms with E-state index in [0.717, 1.165) is 11.3 Å². The zero-order valence-corrected chi connectivity index (χ0v) is 12.8. The normalized spacial score (nSPS) is 13.7. The fourth-order valence-corrected chi connectivity index (χ4v) is 2.31. The van der Waals surface area contributed by atoms with Crippen molar-refractivity contribution in [2.24, 2.45) is 0 Å². The number of aliphatic hydroxyl groups is 1. The number of nitrogens with one attached hydrogen (secondary N) is 1. The second kappa shape index (κ2) is 7.25. The summed E-state index contributed by atoms with van der Waals surface area (Å²) in [7, 11) is 1.63. The van der Waals surface area contributed by atoms with Gasteiger partial charge in [0, 0.05) is 12.6 Å². The van der Waals surface area contributed by atoms with Crippen LogP contribution in [0.15, 0.2) is 48.5 Å². The van der Waals surface area contributed by atoms with Crippen LogP contribution in [0, 0.1) is 6.92 Å². The number of ether oxygens (including phenoxy) is 1. The van der Waals surface area contributed by atoms with Crippen molar-refractivity contribution in [3.8, 4) is 5.75 Å². The molecule has 2 N–H and O–H groups in total. The minimum atomic E-state index is -0.549. The van der Waals surface area contributed by atoms with Gasteiger partial charge in [-0.15, -0.1) is 0 Å². The van der Waals surface area contributed by atoms with E-state index in [2.05, 4.69) is 43.4 Å². The highest BCUT2D eigenvalue weighted by atomic mass is 16.5. The van der Waals surface area contributed by atoms with Gasteiger partial charge in [0.15, 0.2) is 0 Å². The average Bonchev–Trinajstić information content (AvgIpc) is 2.52. The summed E-state index contributed by atoms with van der Waals surface area (Å²) in [5, 5.41) is 13.6. The van der Waals surface area contributed by atoms with Gasteiger partial charge >= 0.3 is 0 Å². The topological polar surface area (TPSA) is 41.5 Å². The van der Waals surface area contributed by atoms with Crippen molar-refractivity contribution in [3.05, 3.63) is 65.2 Å². The fourth-order valence-electron chi connectivity index (χ4n) is 2.31. The van der Waals surface area contributed by atoms with Gasteiger partial charge < -0.3 is 15.2 Å². The predicted octanol–water partition coefficient (Wildman–Crippen LogP) is 3.39. The molecular formula is C18H23NO2. The number of aliphatic hydroxyl groups excluding tert-OH is 1. The van der Waals surface area contributed by atoms with Crippen LogP contribution in [0.2, 0.25) is 0 Å². The van der Waals surface area contributed by atoms with Crippen LogP contribution in [0.3, 0.4) is 0 Å². The first kappa shape index (κ1) is 15.5. The van der Waals surface area contributed by atoms with Crippen molar-refractivity contribution in [1.29, 1.82) is 0 Å². The summed E-state index contributed by atoms with van der Waals surface area (Å²) in [6, 6.07) is 16.1. The van der Waals surface area contributed by atoms with Crippen LogP contribution in [0.4, 0.5) is 0 Å². The van der Waals surface area contributed by atoms with Crippen LogP contribution in [0.1, 0.15) is 35.8 Å². The van der Waals surface area contributed by atoms with E-state index in [1.807, 2.05) is 24.3 Å². The van der Waals surface area contributed by atoms with Gasteiger partial charge in [-0.05, 0) is 37.1 Å². The summed E-state index contributed by atoms with van der Waals surface area (Å²) in [6.45, 7) is 4.69. The largest absolute Gasteiger partial charge is 0.497 e. The van der Waals surface area contributed by atoms with Gasteiger partial charge in [0.1, 0.15) is 5.75 Å². The molecule has 0 saturated heterocycles. The lowest BCUT2D eigenvalue weighted by atomic mass is 10.0. The van der Waals surface area contributed by atoms with Crippen LogP contribution in [0.5, 0.6) is 5.75 Å². The van der Waals surface area contributed by atoms with E-state index in [1.54, 1.807) is 7.11 Å². The summed E-state index contributed by atoms with van der Waals surface area (Å²) in [5.74, 6) is 0.762. The summed E-state index contributed by atoms with van der Waals surface area (Å²) in [4.78, 5) is 0. The Hall–Kier alpha value is -1.84. The Kier molecular flexibility index (Phi) is 5.37. The third-order valence-electron chi connectivity index (χ3n) is 3.64. The number of hydrogen-bond acceptors (Lipinski definition) is 3. The maximum atomic E-state index is 10.3. The maximum absolute atomic E-state index is 10.3. The molecular weight excluding hydrogens is 262 g/mol. The molecule has 0 saturated carbocycles. The van der Waals surface area contributed by atoms with Gasteiger partial charge in [-0.1, -0.05) is 42.0 Å². The Labute approximate surface area is 126 Å². The van der Waals surface area contributed by atoms with Crippen molar-refractivity contribution < 1.29 is 9.84 Å². The van der Waals surface area contributed by atoms with Crippen LogP contribution in [-0.2, 0) is 0 Å². The number of benzene rings is 2. The van der Waals surface area contributed by atoms with E-state index < -0.39 is 6.10 Å². The second-order valence-corrected chi connectivity index (χ2v) is 5.34. The average molecular weight is 285 g/mol. The lowest BCUT2D eigenvalue weighted by Gasteiger charge is -2.18. The molecule has 0 aliphatic carbocycles. The minimum Gasteiger partial charge on any atom is -0.497 e. The van der Waals surface area contributed by atoms with Crippen molar-refractivity contribution in [2.75, 3.05) is 13.7 Å². The van der Waals surface area contributed by atoms with E-state index in [-0.39, 0.29) is 6.04 Å². The summed E-state index contributed by atoms with van der Waals surface area (Å²) in [6.07, 6.45) is -0.549. The Morgan fingerprint density at radius 2 is 1.81 bits per heavy atom. The molecule has 2 aromatic carbocycles. The molecule has 2 unspecified atom stereocenters. The first-order valence-corrected chi connectivity index (χ1v) is 7.22. The first-order valence-electron chi connectivity index (χ1n) is 7.22. The fraction of sp³-hybridized carbons (Fsp3) is 0.333. The molecule has 0 amide bonds. The van der Waals surface area contributed by atoms with E-state index in [1.165, 1.54) is 11.1 Å². The highest BCUT2D eigenvalue weighted by molar-refractivity contribution is 5.30. The molecule has 3 nitrogen and oxygen atoms in total. The third kappa shape index (κ3) is 4.31. The number of methoxy groups -OCH3 is 1. The smallest absolute Gasteiger partial charge is 0.119 e. The first-order chi connectivity index (χ1) is 10.1. The molecule has 0 bridgehead atoms. The van der Waals surface area contributed by atoms with E-state index in [9.17, 15) is 5.11 Å². The van der Waals surface area contributed by atoms with Crippen LogP contribution in [-0.4, -0.2) is 18.8 Å². The van der Waals surface area contributed by atoms with Crippen molar-refractivity contribution >= 4 is 0 Å². The van der Waals surface area contributed by atoms with Gasteiger partial charge in [-0.2, -0.15) is 0 Å². The van der Waals surface area contributed by atoms with Gasteiger partial charge in [-0.25, -0.2) is 0 Å². The number of aryl methyl sites for hydroxylation is 1. The van der Waals surface area contributed by atoms with Crippen molar-refractivity contribution in [1.82, 2.24) is 5.32 Å². The molecule has 0 aromatic heterocycles. The number of hydrogen-bond donors (Lipinski definition) is 2. The Balaban J connectivity index is 1.95. The monoisotopic (exact) mass is 285 g/mol. The van der Waals surface area contributed by atoms with Crippen molar-refractivity contribution in [2.45, 2.75) is 26.0 Å². The van der Waals surface area contributed by atoms with E-state index in [0.29, 0.717) is 6.54 Å². The minimum absolute atomic E-state index is 0.199. The molecule has 2 rings (SSSR count).